The predicted molar refractivity (Wildman–Crippen MR) is 46.4 cm³/mol. The van der Waals surface area contributed by atoms with Crippen molar-refractivity contribution in [2.45, 2.75) is 46.0 Å². The molecule has 0 aromatic heterocycles. The maximum atomic E-state index is 11.1. The summed E-state index contributed by atoms with van der Waals surface area (Å²) in [5, 5.41) is 0. The minimum atomic E-state index is 0.363. The number of unbranched alkanes of at least 4 members (excludes halogenated alkanes) is 1. The van der Waals surface area contributed by atoms with E-state index in [9.17, 15) is 4.79 Å². The number of Topliss-reactive ketones (excluding diaryl/α,β-unsaturated/α-hetero) is 1. The van der Waals surface area contributed by atoms with Crippen molar-refractivity contribution in [2.75, 3.05) is 0 Å². The van der Waals surface area contributed by atoms with E-state index >= 15 is 0 Å². The molecule has 0 aliphatic heterocycles. The van der Waals surface area contributed by atoms with Crippen LogP contribution in [0.25, 0.3) is 0 Å². The lowest BCUT2D eigenvalue weighted by Crippen LogP contribution is -2.09. The Morgan fingerprint density at radius 3 is 2.73 bits per heavy atom. The monoisotopic (exact) mass is 154 g/mol. The van der Waals surface area contributed by atoms with Crippen LogP contribution in [0.4, 0.5) is 0 Å². The van der Waals surface area contributed by atoms with Crippen molar-refractivity contribution < 1.29 is 4.79 Å². The highest BCUT2D eigenvalue weighted by Gasteiger charge is 2.29. The molecule has 0 N–H and O–H groups in total. The van der Waals surface area contributed by atoms with Crippen LogP contribution in [0, 0.1) is 11.8 Å². The second-order valence-electron chi connectivity index (χ2n) is 3.70. The van der Waals surface area contributed by atoms with Gasteiger partial charge in [-0.15, -0.1) is 0 Å². The van der Waals surface area contributed by atoms with Crippen LogP contribution in [0.3, 0.4) is 0 Å². The smallest absolute Gasteiger partial charge is 0.135 e. The molecule has 1 fully saturated rings. The molecule has 0 radical (unpaired) electrons. The first kappa shape index (κ1) is 8.76. The zero-order valence-corrected chi connectivity index (χ0v) is 7.60. The number of rotatable bonds is 3. The van der Waals surface area contributed by atoms with Crippen LogP contribution < -0.4 is 0 Å². The Labute approximate surface area is 69.2 Å². The van der Waals surface area contributed by atoms with E-state index in [0.29, 0.717) is 17.6 Å². The van der Waals surface area contributed by atoms with Crippen LogP contribution in [0.2, 0.25) is 0 Å². The van der Waals surface area contributed by atoms with E-state index in [1.54, 1.807) is 0 Å². The Bertz CT molecular complexity index is 140. The molecular formula is C10H18O. The molecule has 1 aliphatic rings. The van der Waals surface area contributed by atoms with Crippen LogP contribution in [0.1, 0.15) is 46.0 Å². The van der Waals surface area contributed by atoms with Crippen molar-refractivity contribution in [3.8, 4) is 0 Å². The van der Waals surface area contributed by atoms with E-state index in [0.717, 1.165) is 12.8 Å². The fraction of sp³-hybridized carbons (Fsp3) is 0.900. The summed E-state index contributed by atoms with van der Waals surface area (Å²) in [5.41, 5.74) is 0. The van der Waals surface area contributed by atoms with Gasteiger partial charge >= 0.3 is 0 Å². The van der Waals surface area contributed by atoms with Crippen molar-refractivity contribution in [1.82, 2.24) is 0 Å². The lowest BCUT2D eigenvalue weighted by molar-refractivity contribution is -0.120. The summed E-state index contributed by atoms with van der Waals surface area (Å²) in [4.78, 5) is 11.1. The molecule has 0 saturated heterocycles. The van der Waals surface area contributed by atoms with E-state index in [1.807, 2.05) is 0 Å². The Hall–Kier alpha value is -0.330. The molecule has 0 amide bonds. The SMILES string of the molecule is CCCC[C@H]1CCC(=O)[C@H]1C. The van der Waals surface area contributed by atoms with Gasteiger partial charge in [0.15, 0.2) is 0 Å². The van der Waals surface area contributed by atoms with Gasteiger partial charge in [0.2, 0.25) is 0 Å². The normalized spacial score (nSPS) is 31.3. The molecule has 11 heavy (non-hydrogen) atoms. The highest BCUT2D eigenvalue weighted by atomic mass is 16.1. The number of carbonyl (C=O) groups excluding carboxylic acids is 1. The highest BCUT2D eigenvalue weighted by molar-refractivity contribution is 5.82. The predicted octanol–water partition coefficient (Wildman–Crippen LogP) is 2.79. The first-order valence-corrected chi connectivity index (χ1v) is 4.78. The van der Waals surface area contributed by atoms with Gasteiger partial charge in [0.25, 0.3) is 0 Å². The third-order valence-electron chi connectivity index (χ3n) is 2.90. The van der Waals surface area contributed by atoms with E-state index in [-0.39, 0.29) is 0 Å². The topological polar surface area (TPSA) is 17.1 Å². The molecule has 1 saturated carbocycles. The first-order chi connectivity index (χ1) is 5.25. The number of carbonyl (C=O) groups is 1. The fourth-order valence-electron chi connectivity index (χ4n) is 1.93. The average Bonchev–Trinajstić information content (AvgIpc) is 2.31. The Morgan fingerprint density at radius 2 is 2.27 bits per heavy atom. The summed E-state index contributed by atoms with van der Waals surface area (Å²) in [7, 11) is 0. The van der Waals surface area contributed by atoms with Crippen molar-refractivity contribution in [3.63, 3.8) is 0 Å². The molecule has 0 unspecified atom stereocenters. The summed E-state index contributed by atoms with van der Waals surface area (Å²) in [6.45, 7) is 4.30. The van der Waals surface area contributed by atoms with Crippen LogP contribution in [-0.2, 0) is 4.79 Å². The third-order valence-corrected chi connectivity index (χ3v) is 2.90. The summed E-state index contributed by atoms with van der Waals surface area (Å²) in [6.07, 6.45) is 5.82. The highest BCUT2D eigenvalue weighted by Crippen LogP contribution is 2.31. The molecule has 2 atom stereocenters. The van der Waals surface area contributed by atoms with Gasteiger partial charge in [-0.2, -0.15) is 0 Å². The van der Waals surface area contributed by atoms with Crippen LogP contribution in [0.15, 0.2) is 0 Å². The number of hydrogen-bond acceptors (Lipinski definition) is 1. The van der Waals surface area contributed by atoms with Gasteiger partial charge < -0.3 is 0 Å². The van der Waals surface area contributed by atoms with Crippen LogP contribution >= 0.6 is 0 Å². The van der Waals surface area contributed by atoms with E-state index in [4.69, 9.17) is 0 Å². The van der Waals surface area contributed by atoms with Gasteiger partial charge in [0.05, 0.1) is 0 Å². The van der Waals surface area contributed by atoms with Crippen LogP contribution in [-0.4, -0.2) is 5.78 Å². The minimum absolute atomic E-state index is 0.363. The summed E-state index contributed by atoms with van der Waals surface area (Å²) < 4.78 is 0. The van der Waals surface area contributed by atoms with Gasteiger partial charge in [0, 0.05) is 12.3 Å². The standard InChI is InChI=1S/C10H18O/c1-3-4-5-9-6-7-10(11)8(9)2/h8-9H,3-7H2,1-2H3/t8-,9-/m0/s1. The zero-order chi connectivity index (χ0) is 8.27. The van der Waals surface area contributed by atoms with Crippen molar-refractivity contribution in [3.05, 3.63) is 0 Å². The molecule has 64 valence electrons. The van der Waals surface area contributed by atoms with Gasteiger partial charge in [0.1, 0.15) is 5.78 Å². The van der Waals surface area contributed by atoms with E-state index in [1.165, 1.54) is 19.3 Å². The van der Waals surface area contributed by atoms with Crippen molar-refractivity contribution in [2.24, 2.45) is 11.8 Å². The van der Waals surface area contributed by atoms with Crippen molar-refractivity contribution in [1.29, 1.82) is 0 Å². The summed E-state index contributed by atoms with van der Waals surface area (Å²) in [5.74, 6) is 1.56. The average molecular weight is 154 g/mol. The molecule has 1 heteroatoms. The summed E-state index contributed by atoms with van der Waals surface area (Å²) in [6, 6.07) is 0. The van der Waals surface area contributed by atoms with Gasteiger partial charge in [-0.05, 0) is 18.8 Å². The Kier molecular flexibility index (Phi) is 3.10. The molecule has 0 spiro atoms. The quantitative estimate of drug-likeness (QED) is 0.611. The third kappa shape index (κ3) is 2.05. The lowest BCUT2D eigenvalue weighted by Gasteiger charge is -2.12. The largest absolute Gasteiger partial charge is 0.299 e. The van der Waals surface area contributed by atoms with Crippen molar-refractivity contribution >= 4 is 5.78 Å². The fourth-order valence-corrected chi connectivity index (χ4v) is 1.93. The lowest BCUT2D eigenvalue weighted by atomic mass is 9.92. The van der Waals surface area contributed by atoms with Gasteiger partial charge in [-0.3, -0.25) is 4.79 Å². The van der Waals surface area contributed by atoms with E-state index < -0.39 is 0 Å². The number of hydrogen-bond donors (Lipinski definition) is 0. The van der Waals surface area contributed by atoms with Gasteiger partial charge in [-0.25, -0.2) is 0 Å². The second-order valence-corrected chi connectivity index (χ2v) is 3.70. The van der Waals surface area contributed by atoms with Gasteiger partial charge in [-0.1, -0.05) is 26.7 Å². The molecule has 0 aromatic rings. The summed E-state index contributed by atoms with van der Waals surface area (Å²) >= 11 is 0. The molecular weight excluding hydrogens is 136 g/mol. The molecule has 0 aromatic carbocycles. The first-order valence-electron chi connectivity index (χ1n) is 4.78. The number of ketones is 1. The molecule has 1 aliphatic carbocycles. The maximum Gasteiger partial charge on any atom is 0.135 e. The molecule has 1 nitrogen and oxygen atoms in total. The Balaban J connectivity index is 2.30. The second kappa shape index (κ2) is 3.89. The van der Waals surface area contributed by atoms with E-state index in [2.05, 4.69) is 13.8 Å². The zero-order valence-electron chi connectivity index (χ0n) is 7.60. The van der Waals surface area contributed by atoms with Crippen LogP contribution in [0.5, 0.6) is 0 Å². The molecule has 0 heterocycles. The molecule has 0 bridgehead atoms. The Morgan fingerprint density at radius 1 is 1.55 bits per heavy atom. The maximum absolute atomic E-state index is 11.1. The molecule has 1 rings (SSSR count). The minimum Gasteiger partial charge on any atom is -0.299 e.